The van der Waals surface area contributed by atoms with Crippen molar-refractivity contribution in [1.82, 2.24) is 9.97 Å². The predicted octanol–water partition coefficient (Wildman–Crippen LogP) is 1.66. The number of nitrogens with zero attached hydrogens (tertiary/aromatic N) is 1. The maximum absolute atomic E-state index is 11.3. The largest absolute Gasteiger partial charge is 0.465 e. The highest BCUT2D eigenvalue weighted by molar-refractivity contribution is 6.02. The molecule has 0 unspecified atom stereocenters. The van der Waals surface area contributed by atoms with Gasteiger partial charge in [-0.3, -0.25) is 4.98 Å². The molecule has 0 saturated carbocycles. The van der Waals surface area contributed by atoms with Gasteiger partial charge in [-0.05, 0) is 18.6 Å². The van der Waals surface area contributed by atoms with E-state index in [1.807, 2.05) is 13.0 Å². The first-order chi connectivity index (χ1) is 6.74. The van der Waals surface area contributed by atoms with Gasteiger partial charge in [0.05, 0.1) is 12.6 Å². The Balaban J connectivity index is 2.70. The van der Waals surface area contributed by atoms with Crippen molar-refractivity contribution in [3.8, 4) is 0 Å². The number of aromatic amines is 1. The minimum atomic E-state index is -0.366. The van der Waals surface area contributed by atoms with Crippen molar-refractivity contribution in [2.45, 2.75) is 6.92 Å². The molecule has 0 fully saturated rings. The first-order valence-electron chi connectivity index (χ1n) is 4.25. The highest BCUT2D eigenvalue weighted by Gasteiger charge is 2.13. The van der Waals surface area contributed by atoms with E-state index in [4.69, 9.17) is 0 Å². The number of carbonyl (C=O) groups is 1. The van der Waals surface area contributed by atoms with Crippen LogP contribution >= 0.6 is 0 Å². The molecule has 72 valence electrons. The molecule has 0 aliphatic rings. The monoisotopic (exact) mass is 190 g/mol. The number of fused-ring (bicyclic) bond motifs is 1. The molecule has 0 radical (unpaired) electrons. The molecule has 0 aliphatic carbocycles. The zero-order chi connectivity index (χ0) is 10.1. The van der Waals surface area contributed by atoms with Gasteiger partial charge in [0, 0.05) is 12.4 Å². The smallest absolute Gasteiger partial charge is 0.341 e. The lowest BCUT2D eigenvalue weighted by atomic mass is 10.2. The summed E-state index contributed by atoms with van der Waals surface area (Å²) in [5.41, 5.74) is 3.08. The van der Waals surface area contributed by atoms with Crippen molar-refractivity contribution in [3.63, 3.8) is 0 Å². The average molecular weight is 190 g/mol. The Morgan fingerprint density at radius 1 is 1.57 bits per heavy atom. The fourth-order valence-corrected chi connectivity index (χ4v) is 1.42. The van der Waals surface area contributed by atoms with Crippen molar-refractivity contribution >= 4 is 17.0 Å². The molecule has 0 amide bonds. The van der Waals surface area contributed by atoms with Crippen LogP contribution in [0.1, 0.15) is 15.9 Å². The Morgan fingerprint density at radius 3 is 3.07 bits per heavy atom. The molecule has 1 N–H and O–H groups in total. The van der Waals surface area contributed by atoms with Crippen LogP contribution in [0.15, 0.2) is 18.5 Å². The number of hydrogen-bond donors (Lipinski definition) is 1. The Hall–Kier alpha value is -1.84. The summed E-state index contributed by atoms with van der Waals surface area (Å²) in [6, 6.07) is 1.89. The van der Waals surface area contributed by atoms with E-state index in [1.54, 1.807) is 12.4 Å². The number of nitrogens with one attached hydrogen (secondary N) is 1. The standard InChI is InChI=1S/C10H10N2O2/c1-6-3-4-11-9-7(10(13)14-2)5-12-8(6)9/h3-5,12H,1-2H3. The summed E-state index contributed by atoms with van der Waals surface area (Å²) in [6.07, 6.45) is 3.30. The van der Waals surface area contributed by atoms with Gasteiger partial charge in [-0.25, -0.2) is 4.79 Å². The summed E-state index contributed by atoms with van der Waals surface area (Å²) in [5.74, 6) is -0.366. The summed E-state index contributed by atoms with van der Waals surface area (Å²) in [7, 11) is 1.36. The van der Waals surface area contributed by atoms with Gasteiger partial charge in [0.2, 0.25) is 0 Å². The molecule has 0 aliphatic heterocycles. The number of hydrogen-bond acceptors (Lipinski definition) is 3. The summed E-state index contributed by atoms with van der Waals surface area (Å²) < 4.78 is 4.64. The molecule has 0 saturated heterocycles. The lowest BCUT2D eigenvalue weighted by Gasteiger charge is -1.96. The Labute approximate surface area is 80.9 Å². The van der Waals surface area contributed by atoms with Gasteiger partial charge in [0.15, 0.2) is 0 Å². The van der Waals surface area contributed by atoms with Gasteiger partial charge in [-0.15, -0.1) is 0 Å². The van der Waals surface area contributed by atoms with E-state index >= 15 is 0 Å². The van der Waals surface area contributed by atoms with E-state index in [-0.39, 0.29) is 5.97 Å². The third-order valence-electron chi connectivity index (χ3n) is 2.18. The molecule has 14 heavy (non-hydrogen) atoms. The van der Waals surface area contributed by atoms with Crippen molar-refractivity contribution in [2.24, 2.45) is 0 Å². The molecule has 2 aromatic rings. The van der Waals surface area contributed by atoms with Crippen molar-refractivity contribution in [2.75, 3.05) is 7.11 Å². The van der Waals surface area contributed by atoms with Crippen LogP contribution in [-0.4, -0.2) is 23.0 Å². The minimum Gasteiger partial charge on any atom is -0.465 e. The highest BCUT2D eigenvalue weighted by atomic mass is 16.5. The van der Waals surface area contributed by atoms with E-state index in [0.29, 0.717) is 11.1 Å². The number of esters is 1. The predicted molar refractivity (Wildman–Crippen MR) is 52.2 cm³/mol. The molecule has 4 nitrogen and oxygen atoms in total. The number of aromatic nitrogens is 2. The molecule has 0 atom stereocenters. The second-order valence-electron chi connectivity index (χ2n) is 3.05. The molecular formula is C10H10N2O2. The van der Waals surface area contributed by atoms with Crippen LogP contribution in [0.25, 0.3) is 11.0 Å². The number of H-pyrrole nitrogens is 1. The van der Waals surface area contributed by atoms with Gasteiger partial charge < -0.3 is 9.72 Å². The zero-order valence-electron chi connectivity index (χ0n) is 8.00. The normalized spacial score (nSPS) is 10.4. The fraction of sp³-hybridized carbons (Fsp3) is 0.200. The van der Waals surface area contributed by atoms with Gasteiger partial charge in [-0.2, -0.15) is 0 Å². The molecule has 2 heterocycles. The number of methoxy groups -OCH3 is 1. The molecule has 0 aromatic carbocycles. The van der Waals surface area contributed by atoms with Crippen molar-refractivity contribution in [1.29, 1.82) is 0 Å². The number of rotatable bonds is 1. The van der Waals surface area contributed by atoms with Crippen LogP contribution < -0.4 is 0 Å². The summed E-state index contributed by atoms with van der Waals surface area (Å²) >= 11 is 0. The number of carbonyl (C=O) groups excluding carboxylic acids is 1. The van der Waals surface area contributed by atoms with Gasteiger partial charge >= 0.3 is 5.97 Å². The van der Waals surface area contributed by atoms with Crippen molar-refractivity contribution in [3.05, 3.63) is 29.6 Å². The SMILES string of the molecule is COC(=O)c1c[nH]c2c(C)ccnc12. The van der Waals surface area contributed by atoms with Gasteiger partial charge in [0.25, 0.3) is 0 Å². The number of pyridine rings is 1. The quantitative estimate of drug-likeness (QED) is 0.696. The van der Waals surface area contributed by atoms with E-state index in [1.165, 1.54) is 7.11 Å². The number of aryl methyl sites for hydroxylation is 1. The van der Waals surface area contributed by atoms with Crippen molar-refractivity contribution < 1.29 is 9.53 Å². The van der Waals surface area contributed by atoms with E-state index in [0.717, 1.165) is 11.1 Å². The first kappa shape index (κ1) is 8.74. The first-order valence-corrected chi connectivity index (χ1v) is 4.25. The molecular weight excluding hydrogens is 180 g/mol. The summed E-state index contributed by atoms with van der Waals surface area (Å²) in [6.45, 7) is 1.96. The molecule has 0 spiro atoms. The van der Waals surface area contributed by atoms with E-state index in [9.17, 15) is 4.79 Å². The maximum atomic E-state index is 11.3. The van der Waals surface area contributed by atoms with E-state index < -0.39 is 0 Å². The highest BCUT2D eigenvalue weighted by Crippen LogP contribution is 2.18. The Bertz CT molecular complexity index is 488. The maximum Gasteiger partial charge on any atom is 0.341 e. The zero-order valence-corrected chi connectivity index (χ0v) is 8.00. The summed E-state index contributed by atoms with van der Waals surface area (Å²) in [5, 5.41) is 0. The molecule has 2 aromatic heterocycles. The van der Waals surface area contributed by atoms with Gasteiger partial charge in [0.1, 0.15) is 11.1 Å². The van der Waals surface area contributed by atoms with Crippen LogP contribution in [-0.2, 0) is 4.74 Å². The third kappa shape index (κ3) is 1.16. The van der Waals surface area contributed by atoms with Crippen LogP contribution in [0.2, 0.25) is 0 Å². The summed E-state index contributed by atoms with van der Waals surface area (Å²) in [4.78, 5) is 18.5. The topological polar surface area (TPSA) is 55.0 Å². The average Bonchev–Trinajstić information content (AvgIpc) is 2.62. The fourth-order valence-electron chi connectivity index (χ4n) is 1.42. The van der Waals surface area contributed by atoms with Crippen LogP contribution in [0.3, 0.4) is 0 Å². The Morgan fingerprint density at radius 2 is 2.36 bits per heavy atom. The van der Waals surface area contributed by atoms with Crippen LogP contribution in [0, 0.1) is 6.92 Å². The lowest BCUT2D eigenvalue weighted by molar-refractivity contribution is 0.0603. The van der Waals surface area contributed by atoms with Crippen LogP contribution in [0.4, 0.5) is 0 Å². The minimum absolute atomic E-state index is 0.366. The third-order valence-corrected chi connectivity index (χ3v) is 2.18. The van der Waals surface area contributed by atoms with Crippen LogP contribution in [0.5, 0.6) is 0 Å². The number of ether oxygens (including phenoxy) is 1. The van der Waals surface area contributed by atoms with E-state index in [2.05, 4.69) is 14.7 Å². The molecule has 0 bridgehead atoms. The molecule has 4 heteroatoms. The van der Waals surface area contributed by atoms with Gasteiger partial charge in [-0.1, -0.05) is 0 Å². The lowest BCUT2D eigenvalue weighted by Crippen LogP contribution is -2.00. The second-order valence-corrected chi connectivity index (χ2v) is 3.05. The Kier molecular flexibility index (Phi) is 1.96. The second kappa shape index (κ2) is 3.14. The molecule has 2 rings (SSSR count).